The number of rotatable bonds is 17. The van der Waals surface area contributed by atoms with Crippen molar-refractivity contribution in [3.05, 3.63) is 44.3 Å². The maximum atomic E-state index is 12.8. The summed E-state index contributed by atoms with van der Waals surface area (Å²) in [5.74, 6) is 0.254. The number of quaternary nitrogens is 1. The van der Waals surface area contributed by atoms with Crippen molar-refractivity contribution >= 4 is 34.2 Å². The molecule has 0 N–H and O–H groups in total. The van der Waals surface area contributed by atoms with E-state index in [4.69, 9.17) is 0 Å². The van der Waals surface area contributed by atoms with E-state index in [1.165, 1.54) is 80.4 Å². The number of hydrogen-bond acceptors (Lipinski definition) is 4. The first-order valence-corrected chi connectivity index (χ1v) is 13.6. The SMILES string of the molecule is CCCCCCCCCCCCc1ccc(C(=O)C[N+](C)(C)CC(=O)c2cccs2)s1. The van der Waals surface area contributed by atoms with Gasteiger partial charge < -0.3 is 4.48 Å². The third-order valence-electron chi connectivity index (χ3n) is 5.65. The van der Waals surface area contributed by atoms with Crippen LogP contribution in [0.25, 0.3) is 0 Å². The Morgan fingerprint density at radius 1 is 0.774 bits per heavy atom. The molecular formula is C26H40NO2S2+. The summed E-state index contributed by atoms with van der Waals surface area (Å²) >= 11 is 3.10. The maximum Gasteiger partial charge on any atom is 0.226 e. The van der Waals surface area contributed by atoms with E-state index in [1.807, 2.05) is 37.7 Å². The molecule has 0 atom stereocenters. The summed E-state index contributed by atoms with van der Waals surface area (Å²) in [6, 6.07) is 7.83. The Morgan fingerprint density at radius 2 is 1.35 bits per heavy atom. The molecule has 0 aliphatic heterocycles. The highest BCUT2D eigenvalue weighted by Crippen LogP contribution is 2.21. The summed E-state index contributed by atoms with van der Waals surface area (Å²) in [6.07, 6.45) is 14.5. The quantitative estimate of drug-likeness (QED) is 0.139. The van der Waals surface area contributed by atoms with Gasteiger partial charge in [0, 0.05) is 4.88 Å². The van der Waals surface area contributed by atoms with Crippen LogP contribution in [0.2, 0.25) is 0 Å². The molecular weight excluding hydrogens is 422 g/mol. The Bertz CT molecular complexity index is 777. The van der Waals surface area contributed by atoms with E-state index < -0.39 is 0 Å². The van der Waals surface area contributed by atoms with Crippen molar-refractivity contribution < 1.29 is 14.1 Å². The maximum absolute atomic E-state index is 12.8. The minimum atomic E-state index is 0.112. The number of ketones is 2. The molecule has 2 aromatic rings. The van der Waals surface area contributed by atoms with Crippen molar-refractivity contribution in [2.75, 3.05) is 27.2 Å². The summed E-state index contributed by atoms with van der Waals surface area (Å²) in [5, 5.41) is 1.92. The van der Waals surface area contributed by atoms with Crippen LogP contribution in [0.15, 0.2) is 29.6 Å². The second kappa shape index (κ2) is 14.0. The van der Waals surface area contributed by atoms with Crippen molar-refractivity contribution in [1.82, 2.24) is 0 Å². The molecule has 0 aliphatic rings. The van der Waals surface area contributed by atoms with Gasteiger partial charge in [-0.25, -0.2) is 0 Å². The standard InChI is InChI=1S/C26H40NO2S2/c1-4-5-6-7-8-9-10-11-12-13-15-22-17-18-26(31-22)24(29)21-27(2,3)20-23(28)25-16-14-19-30-25/h14,16-19H,4-13,15,20-21H2,1-3H3/q+1. The van der Waals surface area contributed by atoms with Crippen molar-refractivity contribution in [2.24, 2.45) is 0 Å². The van der Waals surface area contributed by atoms with Crippen LogP contribution >= 0.6 is 22.7 Å². The lowest BCUT2D eigenvalue weighted by Gasteiger charge is -2.27. The van der Waals surface area contributed by atoms with Crippen LogP contribution in [0.3, 0.4) is 0 Å². The number of hydrogen-bond donors (Lipinski definition) is 0. The zero-order valence-corrected chi connectivity index (χ0v) is 21.3. The molecule has 0 saturated heterocycles. The predicted octanol–water partition coefficient (Wildman–Crippen LogP) is 7.42. The number of aryl methyl sites for hydroxylation is 1. The smallest absolute Gasteiger partial charge is 0.226 e. The highest BCUT2D eigenvalue weighted by atomic mass is 32.1. The van der Waals surface area contributed by atoms with E-state index in [2.05, 4.69) is 13.0 Å². The summed E-state index contributed by atoms with van der Waals surface area (Å²) in [5.41, 5.74) is 0. The van der Waals surface area contributed by atoms with E-state index >= 15 is 0 Å². The lowest BCUT2D eigenvalue weighted by atomic mass is 10.1. The molecule has 0 amide bonds. The monoisotopic (exact) mass is 462 g/mol. The molecule has 172 valence electrons. The minimum Gasteiger partial charge on any atom is -0.315 e. The van der Waals surface area contributed by atoms with Crippen molar-refractivity contribution in [3.63, 3.8) is 0 Å². The number of unbranched alkanes of at least 4 members (excludes halogenated alkanes) is 9. The Kier molecular flexibility index (Phi) is 11.7. The van der Waals surface area contributed by atoms with Gasteiger partial charge in [-0.05, 0) is 36.4 Å². The average molecular weight is 463 g/mol. The Hall–Kier alpha value is -1.30. The predicted molar refractivity (Wildman–Crippen MR) is 135 cm³/mol. The van der Waals surface area contributed by atoms with Crippen LogP contribution < -0.4 is 0 Å². The molecule has 0 fully saturated rings. The number of carbonyl (C=O) groups is 2. The molecule has 5 heteroatoms. The lowest BCUT2D eigenvalue weighted by Crippen LogP contribution is -2.47. The van der Waals surface area contributed by atoms with Gasteiger partial charge in [0.2, 0.25) is 11.6 Å². The fraction of sp³-hybridized carbons (Fsp3) is 0.615. The summed E-state index contributed by atoms with van der Waals surface area (Å²) in [4.78, 5) is 28.1. The molecule has 0 aliphatic carbocycles. The highest BCUT2D eigenvalue weighted by molar-refractivity contribution is 7.14. The third kappa shape index (κ3) is 10.2. The second-order valence-electron chi connectivity index (χ2n) is 9.27. The fourth-order valence-corrected chi connectivity index (χ4v) is 5.51. The molecule has 0 unspecified atom stereocenters. The van der Waals surface area contributed by atoms with E-state index in [0.29, 0.717) is 17.6 Å². The molecule has 2 aromatic heterocycles. The number of likely N-dealkylation sites (N-methyl/N-ethyl adjacent to an activating group) is 1. The largest absolute Gasteiger partial charge is 0.315 e. The van der Waals surface area contributed by atoms with E-state index in [0.717, 1.165) is 16.2 Å². The highest BCUT2D eigenvalue weighted by Gasteiger charge is 2.26. The van der Waals surface area contributed by atoms with Crippen LogP contribution in [0.1, 0.15) is 95.4 Å². The van der Waals surface area contributed by atoms with Crippen LogP contribution in [0, 0.1) is 0 Å². The lowest BCUT2D eigenvalue weighted by molar-refractivity contribution is -0.873. The molecule has 0 radical (unpaired) electrons. The molecule has 3 nitrogen and oxygen atoms in total. The van der Waals surface area contributed by atoms with E-state index in [9.17, 15) is 9.59 Å². The van der Waals surface area contributed by atoms with Gasteiger partial charge in [-0.3, -0.25) is 9.59 Å². The van der Waals surface area contributed by atoms with E-state index in [1.54, 1.807) is 11.3 Å². The van der Waals surface area contributed by atoms with Crippen molar-refractivity contribution in [1.29, 1.82) is 0 Å². The number of thiophene rings is 2. The van der Waals surface area contributed by atoms with Gasteiger partial charge in [0.25, 0.3) is 0 Å². The van der Waals surface area contributed by atoms with Crippen LogP contribution in [-0.4, -0.2) is 43.2 Å². The molecule has 2 rings (SSSR count). The van der Waals surface area contributed by atoms with Gasteiger partial charge in [-0.1, -0.05) is 70.8 Å². The van der Waals surface area contributed by atoms with Gasteiger partial charge >= 0.3 is 0 Å². The average Bonchev–Trinajstić information content (AvgIpc) is 3.41. The van der Waals surface area contributed by atoms with Gasteiger partial charge in [-0.15, -0.1) is 22.7 Å². The Balaban J connectivity index is 1.64. The first-order valence-electron chi connectivity index (χ1n) is 11.9. The molecule has 31 heavy (non-hydrogen) atoms. The number of carbonyl (C=O) groups excluding carboxylic acids is 2. The van der Waals surface area contributed by atoms with Crippen LogP contribution in [0.5, 0.6) is 0 Å². The van der Waals surface area contributed by atoms with Crippen molar-refractivity contribution in [3.8, 4) is 0 Å². The number of nitrogens with zero attached hydrogens (tertiary/aromatic N) is 1. The number of Topliss-reactive ketones (excluding diaryl/α,β-unsaturated/α-hetero) is 2. The normalized spacial score (nSPS) is 11.7. The summed E-state index contributed by atoms with van der Waals surface area (Å²) in [6.45, 7) is 2.97. The Morgan fingerprint density at radius 3 is 1.94 bits per heavy atom. The van der Waals surface area contributed by atoms with E-state index in [-0.39, 0.29) is 11.6 Å². The third-order valence-corrected chi connectivity index (χ3v) is 7.75. The van der Waals surface area contributed by atoms with Gasteiger partial charge in [-0.2, -0.15) is 0 Å². The molecule has 0 spiro atoms. The second-order valence-corrected chi connectivity index (χ2v) is 11.4. The minimum absolute atomic E-state index is 0.112. The molecule has 0 saturated carbocycles. The van der Waals surface area contributed by atoms with Gasteiger partial charge in [0.1, 0.15) is 13.1 Å². The summed E-state index contributed by atoms with van der Waals surface area (Å²) < 4.78 is 0.390. The first kappa shape index (κ1) is 26.0. The van der Waals surface area contributed by atoms with Crippen molar-refractivity contribution in [2.45, 2.75) is 77.6 Å². The van der Waals surface area contributed by atoms with Crippen LogP contribution in [-0.2, 0) is 6.42 Å². The zero-order chi connectivity index (χ0) is 22.5. The van der Waals surface area contributed by atoms with Gasteiger partial charge in [0.15, 0.2) is 0 Å². The van der Waals surface area contributed by atoms with Crippen LogP contribution in [0.4, 0.5) is 0 Å². The first-order chi connectivity index (χ1) is 14.9. The molecule has 0 bridgehead atoms. The molecule has 0 aromatic carbocycles. The summed E-state index contributed by atoms with van der Waals surface area (Å²) in [7, 11) is 3.92. The van der Waals surface area contributed by atoms with Gasteiger partial charge in [0.05, 0.1) is 23.8 Å². The topological polar surface area (TPSA) is 34.1 Å². The fourth-order valence-electron chi connectivity index (χ4n) is 3.88. The zero-order valence-electron chi connectivity index (χ0n) is 19.7. The Labute approximate surface area is 197 Å². The molecule has 2 heterocycles.